The molecule has 1 aromatic rings. The van der Waals surface area contributed by atoms with E-state index in [1.807, 2.05) is 13.2 Å². The Balaban J connectivity index is 2.23. The molecule has 1 aliphatic carbocycles. The van der Waals surface area contributed by atoms with Crippen LogP contribution in [0, 0.1) is 0 Å². The Morgan fingerprint density at radius 3 is 2.57 bits per heavy atom. The van der Waals surface area contributed by atoms with Crippen molar-refractivity contribution in [3.8, 4) is 5.75 Å². The third-order valence-corrected chi connectivity index (χ3v) is 5.39. The van der Waals surface area contributed by atoms with Crippen LogP contribution >= 0.6 is 15.9 Å². The SMILES string of the molecule is CCNC(Cc1cc(OC)ccc1Br)C1(OC)CCCC1. The number of benzene rings is 1. The zero-order chi connectivity index (χ0) is 15.3. The summed E-state index contributed by atoms with van der Waals surface area (Å²) < 4.78 is 12.5. The first-order valence-electron chi connectivity index (χ1n) is 7.76. The minimum atomic E-state index is -0.0292. The van der Waals surface area contributed by atoms with Crippen molar-refractivity contribution in [2.75, 3.05) is 20.8 Å². The predicted octanol–water partition coefficient (Wildman–Crippen LogP) is 3.94. The summed E-state index contributed by atoms with van der Waals surface area (Å²) in [5.74, 6) is 0.904. The van der Waals surface area contributed by atoms with Gasteiger partial charge in [0.25, 0.3) is 0 Å². The van der Waals surface area contributed by atoms with E-state index >= 15 is 0 Å². The molecule has 0 amide bonds. The largest absolute Gasteiger partial charge is 0.497 e. The second-order valence-electron chi connectivity index (χ2n) is 5.75. The van der Waals surface area contributed by atoms with Crippen LogP contribution in [0.4, 0.5) is 0 Å². The van der Waals surface area contributed by atoms with Crippen LogP contribution in [0.25, 0.3) is 0 Å². The van der Waals surface area contributed by atoms with Gasteiger partial charge in [0.1, 0.15) is 5.75 Å². The van der Waals surface area contributed by atoms with E-state index in [0.29, 0.717) is 6.04 Å². The molecule has 0 radical (unpaired) electrons. The van der Waals surface area contributed by atoms with Crippen molar-refractivity contribution in [2.45, 2.75) is 50.7 Å². The van der Waals surface area contributed by atoms with Gasteiger partial charge in [-0.25, -0.2) is 0 Å². The van der Waals surface area contributed by atoms with E-state index in [1.54, 1.807) is 7.11 Å². The van der Waals surface area contributed by atoms with Crippen LogP contribution in [-0.2, 0) is 11.2 Å². The molecule has 3 nitrogen and oxygen atoms in total. The van der Waals surface area contributed by atoms with Crippen molar-refractivity contribution < 1.29 is 9.47 Å². The van der Waals surface area contributed by atoms with Gasteiger partial charge in [-0.2, -0.15) is 0 Å². The second-order valence-corrected chi connectivity index (χ2v) is 6.60. The molecule has 0 heterocycles. The van der Waals surface area contributed by atoms with Crippen LogP contribution in [0.2, 0.25) is 0 Å². The number of ether oxygens (including phenoxy) is 2. The summed E-state index contributed by atoms with van der Waals surface area (Å²) in [5.41, 5.74) is 1.24. The fourth-order valence-corrected chi connectivity index (χ4v) is 3.82. The molecule has 0 spiro atoms. The second kappa shape index (κ2) is 7.61. The van der Waals surface area contributed by atoms with Gasteiger partial charge in [0.05, 0.1) is 12.7 Å². The topological polar surface area (TPSA) is 30.5 Å². The molecule has 2 rings (SSSR count). The van der Waals surface area contributed by atoms with Crippen molar-refractivity contribution >= 4 is 15.9 Å². The van der Waals surface area contributed by atoms with Crippen LogP contribution in [0.15, 0.2) is 22.7 Å². The number of rotatable bonds is 7. The lowest BCUT2D eigenvalue weighted by molar-refractivity contribution is -0.0351. The van der Waals surface area contributed by atoms with Crippen LogP contribution in [0.1, 0.15) is 38.2 Å². The van der Waals surface area contributed by atoms with Gasteiger partial charge in [0.2, 0.25) is 0 Å². The number of nitrogens with one attached hydrogen (secondary N) is 1. The third-order valence-electron chi connectivity index (χ3n) is 4.62. The number of methoxy groups -OCH3 is 2. The molecule has 0 aromatic heterocycles. The molecule has 0 saturated heterocycles. The van der Waals surface area contributed by atoms with Gasteiger partial charge in [-0.3, -0.25) is 0 Å². The molecule has 1 fully saturated rings. The van der Waals surface area contributed by atoms with Gasteiger partial charge >= 0.3 is 0 Å². The highest BCUT2D eigenvalue weighted by Crippen LogP contribution is 2.37. The fourth-order valence-electron chi connectivity index (χ4n) is 3.41. The minimum Gasteiger partial charge on any atom is -0.497 e. The highest BCUT2D eigenvalue weighted by atomic mass is 79.9. The maximum atomic E-state index is 5.97. The summed E-state index contributed by atoms with van der Waals surface area (Å²) >= 11 is 3.66. The van der Waals surface area contributed by atoms with E-state index in [4.69, 9.17) is 9.47 Å². The first-order chi connectivity index (χ1) is 10.1. The van der Waals surface area contributed by atoms with Crippen LogP contribution in [0.3, 0.4) is 0 Å². The van der Waals surface area contributed by atoms with Crippen LogP contribution < -0.4 is 10.1 Å². The standard InChI is InChI=1S/C17H26BrNO2/c1-4-19-16(17(21-3)9-5-6-10-17)12-13-11-14(20-2)7-8-15(13)18/h7-8,11,16,19H,4-6,9-10,12H2,1-3H3. The van der Waals surface area contributed by atoms with Crippen molar-refractivity contribution in [2.24, 2.45) is 0 Å². The maximum Gasteiger partial charge on any atom is 0.119 e. The summed E-state index contributed by atoms with van der Waals surface area (Å²) in [6.07, 6.45) is 5.75. The Bertz CT molecular complexity index is 458. The van der Waals surface area contributed by atoms with Crippen molar-refractivity contribution in [1.82, 2.24) is 5.32 Å². The zero-order valence-corrected chi connectivity index (χ0v) is 14.8. The molecule has 1 saturated carbocycles. The average Bonchev–Trinajstić information content (AvgIpc) is 2.99. The molecule has 4 heteroatoms. The summed E-state index contributed by atoms with van der Waals surface area (Å²) in [6.45, 7) is 3.11. The highest BCUT2D eigenvalue weighted by molar-refractivity contribution is 9.10. The minimum absolute atomic E-state index is 0.0292. The molecule has 0 aliphatic heterocycles. The molecule has 1 atom stereocenters. The van der Waals surface area contributed by atoms with E-state index in [0.717, 1.165) is 36.0 Å². The lowest BCUT2D eigenvalue weighted by atomic mass is 9.87. The number of likely N-dealkylation sites (N-methyl/N-ethyl adjacent to an activating group) is 1. The van der Waals surface area contributed by atoms with Gasteiger partial charge in [0, 0.05) is 17.6 Å². The average molecular weight is 356 g/mol. The van der Waals surface area contributed by atoms with Gasteiger partial charge in [0.15, 0.2) is 0 Å². The van der Waals surface area contributed by atoms with E-state index in [1.165, 1.54) is 18.4 Å². The molecule has 1 aromatic carbocycles. The van der Waals surface area contributed by atoms with E-state index < -0.39 is 0 Å². The van der Waals surface area contributed by atoms with Crippen LogP contribution in [-0.4, -0.2) is 32.4 Å². The molecule has 1 unspecified atom stereocenters. The van der Waals surface area contributed by atoms with E-state index in [2.05, 4.69) is 40.3 Å². The quantitative estimate of drug-likeness (QED) is 0.803. The molecule has 0 bridgehead atoms. The maximum absolute atomic E-state index is 5.97. The molecular weight excluding hydrogens is 330 g/mol. The number of hydrogen-bond donors (Lipinski definition) is 1. The Labute approximate surface area is 136 Å². The fraction of sp³-hybridized carbons (Fsp3) is 0.647. The smallest absolute Gasteiger partial charge is 0.119 e. The third kappa shape index (κ3) is 3.79. The van der Waals surface area contributed by atoms with Crippen molar-refractivity contribution in [1.29, 1.82) is 0 Å². The summed E-state index contributed by atoms with van der Waals surface area (Å²) in [6, 6.07) is 6.49. The normalized spacial score (nSPS) is 18.7. The Kier molecular flexibility index (Phi) is 6.08. The lowest BCUT2D eigenvalue weighted by Crippen LogP contribution is -2.51. The Morgan fingerprint density at radius 2 is 2.00 bits per heavy atom. The molecule has 1 aliphatic rings. The highest BCUT2D eigenvalue weighted by Gasteiger charge is 2.41. The first-order valence-corrected chi connectivity index (χ1v) is 8.55. The monoisotopic (exact) mass is 355 g/mol. The Morgan fingerprint density at radius 1 is 1.29 bits per heavy atom. The van der Waals surface area contributed by atoms with Gasteiger partial charge in [-0.05, 0) is 49.6 Å². The lowest BCUT2D eigenvalue weighted by Gasteiger charge is -2.37. The number of halogens is 1. The summed E-state index contributed by atoms with van der Waals surface area (Å²) in [4.78, 5) is 0. The van der Waals surface area contributed by atoms with Gasteiger partial charge < -0.3 is 14.8 Å². The molecule has 1 N–H and O–H groups in total. The molecule has 21 heavy (non-hydrogen) atoms. The first kappa shape index (κ1) is 16.8. The zero-order valence-electron chi connectivity index (χ0n) is 13.2. The van der Waals surface area contributed by atoms with Gasteiger partial charge in [-0.15, -0.1) is 0 Å². The predicted molar refractivity (Wildman–Crippen MR) is 90.1 cm³/mol. The van der Waals surface area contributed by atoms with Gasteiger partial charge in [-0.1, -0.05) is 35.7 Å². The van der Waals surface area contributed by atoms with Crippen molar-refractivity contribution in [3.05, 3.63) is 28.2 Å². The van der Waals surface area contributed by atoms with E-state index in [-0.39, 0.29) is 5.60 Å². The summed E-state index contributed by atoms with van der Waals surface area (Å²) in [5, 5.41) is 3.64. The summed E-state index contributed by atoms with van der Waals surface area (Å²) in [7, 11) is 3.57. The molecular formula is C17H26BrNO2. The molecule has 118 valence electrons. The van der Waals surface area contributed by atoms with E-state index in [9.17, 15) is 0 Å². The Hall–Kier alpha value is -0.580. The van der Waals surface area contributed by atoms with Crippen LogP contribution in [0.5, 0.6) is 5.75 Å². The number of hydrogen-bond acceptors (Lipinski definition) is 3. The van der Waals surface area contributed by atoms with Crippen molar-refractivity contribution in [3.63, 3.8) is 0 Å².